The Balaban J connectivity index is 2.23. The van der Waals surface area contributed by atoms with Gasteiger partial charge in [0.15, 0.2) is 0 Å². The smallest absolute Gasteiger partial charge is 0.0134 e. The van der Waals surface area contributed by atoms with E-state index in [9.17, 15) is 0 Å². The maximum absolute atomic E-state index is 3.73. The van der Waals surface area contributed by atoms with Crippen molar-refractivity contribution < 1.29 is 0 Å². The first-order valence-electron chi connectivity index (χ1n) is 5.43. The highest BCUT2D eigenvalue weighted by molar-refractivity contribution is 4.78. The van der Waals surface area contributed by atoms with E-state index in [4.69, 9.17) is 0 Å². The molecule has 1 saturated heterocycles. The minimum absolute atomic E-state index is 0.717. The van der Waals surface area contributed by atoms with Gasteiger partial charge in [0, 0.05) is 12.6 Å². The lowest BCUT2D eigenvalue weighted by atomic mass is 10.1. The van der Waals surface area contributed by atoms with Crippen LogP contribution in [0.1, 0.15) is 26.2 Å². The van der Waals surface area contributed by atoms with Crippen molar-refractivity contribution in [3.05, 3.63) is 12.7 Å². The third-order valence-electron chi connectivity index (χ3n) is 2.82. The first-order chi connectivity index (χ1) is 6.36. The molecule has 0 aromatic carbocycles. The highest BCUT2D eigenvalue weighted by Gasteiger charge is 2.14. The average molecular weight is 182 g/mol. The molecule has 0 amide bonds. The second-order valence-corrected chi connectivity index (χ2v) is 3.76. The molecule has 76 valence electrons. The van der Waals surface area contributed by atoms with Crippen molar-refractivity contribution in [2.75, 3.05) is 26.2 Å². The van der Waals surface area contributed by atoms with Crippen molar-refractivity contribution in [2.24, 2.45) is 0 Å². The summed E-state index contributed by atoms with van der Waals surface area (Å²) < 4.78 is 0. The standard InChI is InChI=1S/C11H22N2/c1-3-8-12-11-6-5-9-13(4-2)10-7-11/h3,11-12H,1,4-10H2,2H3. The summed E-state index contributed by atoms with van der Waals surface area (Å²) in [5.74, 6) is 0. The maximum Gasteiger partial charge on any atom is 0.0134 e. The Morgan fingerprint density at radius 2 is 2.31 bits per heavy atom. The minimum Gasteiger partial charge on any atom is -0.310 e. The molecular formula is C11H22N2. The summed E-state index contributed by atoms with van der Waals surface area (Å²) in [7, 11) is 0. The molecule has 1 aliphatic heterocycles. The summed E-state index contributed by atoms with van der Waals surface area (Å²) in [6.07, 6.45) is 5.90. The van der Waals surface area contributed by atoms with Crippen LogP contribution in [-0.4, -0.2) is 37.1 Å². The van der Waals surface area contributed by atoms with Crippen LogP contribution in [0.25, 0.3) is 0 Å². The minimum atomic E-state index is 0.717. The van der Waals surface area contributed by atoms with E-state index in [0.29, 0.717) is 0 Å². The molecule has 0 aromatic rings. The lowest BCUT2D eigenvalue weighted by molar-refractivity contribution is 0.297. The fraction of sp³-hybridized carbons (Fsp3) is 0.818. The van der Waals surface area contributed by atoms with Crippen LogP contribution in [0.4, 0.5) is 0 Å². The molecule has 0 saturated carbocycles. The molecule has 0 spiro atoms. The van der Waals surface area contributed by atoms with Crippen LogP contribution in [0.15, 0.2) is 12.7 Å². The molecule has 2 nitrogen and oxygen atoms in total. The van der Waals surface area contributed by atoms with Crippen LogP contribution in [0, 0.1) is 0 Å². The van der Waals surface area contributed by atoms with Gasteiger partial charge in [0.1, 0.15) is 0 Å². The summed E-state index contributed by atoms with van der Waals surface area (Å²) >= 11 is 0. The van der Waals surface area contributed by atoms with E-state index in [1.165, 1.54) is 38.9 Å². The zero-order valence-electron chi connectivity index (χ0n) is 8.76. The summed E-state index contributed by atoms with van der Waals surface area (Å²) in [6.45, 7) is 10.7. The lowest BCUT2D eigenvalue weighted by Crippen LogP contribution is -2.30. The molecule has 1 N–H and O–H groups in total. The first kappa shape index (κ1) is 10.7. The summed E-state index contributed by atoms with van der Waals surface area (Å²) in [4.78, 5) is 2.54. The largest absolute Gasteiger partial charge is 0.310 e. The molecule has 0 bridgehead atoms. The van der Waals surface area contributed by atoms with Gasteiger partial charge < -0.3 is 10.2 Å². The van der Waals surface area contributed by atoms with E-state index >= 15 is 0 Å². The number of hydrogen-bond donors (Lipinski definition) is 1. The zero-order valence-corrected chi connectivity index (χ0v) is 8.76. The molecule has 1 heterocycles. The van der Waals surface area contributed by atoms with Gasteiger partial charge in [0.2, 0.25) is 0 Å². The van der Waals surface area contributed by atoms with Gasteiger partial charge in [-0.2, -0.15) is 0 Å². The van der Waals surface area contributed by atoms with E-state index < -0.39 is 0 Å². The van der Waals surface area contributed by atoms with E-state index in [1.807, 2.05) is 6.08 Å². The molecule has 1 aliphatic rings. The number of rotatable bonds is 4. The number of nitrogens with one attached hydrogen (secondary N) is 1. The fourth-order valence-corrected chi connectivity index (χ4v) is 1.93. The van der Waals surface area contributed by atoms with Crippen LogP contribution in [0.3, 0.4) is 0 Å². The monoisotopic (exact) mass is 182 g/mol. The third-order valence-corrected chi connectivity index (χ3v) is 2.82. The van der Waals surface area contributed by atoms with Gasteiger partial charge >= 0.3 is 0 Å². The van der Waals surface area contributed by atoms with Crippen molar-refractivity contribution in [1.82, 2.24) is 10.2 Å². The van der Waals surface area contributed by atoms with E-state index in [1.54, 1.807) is 0 Å². The second kappa shape index (κ2) is 6.17. The molecule has 1 fully saturated rings. The Hall–Kier alpha value is -0.340. The van der Waals surface area contributed by atoms with E-state index in [2.05, 4.69) is 23.7 Å². The highest BCUT2D eigenvalue weighted by Crippen LogP contribution is 2.10. The predicted molar refractivity (Wildman–Crippen MR) is 58.0 cm³/mol. The van der Waals surface area contributed by atoms with Gasteiger partial charge in [-0.25, -0.2) is 0 Å². The van der Waals surface area contributed by atoms with Crippen LogP contribution in [0.5, 0.6) is 0 Å². The molecular weight excluding hydrogens is 160 g/mol. The number of likely N-dealkylation sites (tertiary alicyclic amines) is 1. The van der Waals surface area contributed by atoms with Crippen molar-refractivity contribution in [3.8, 4) is 0 Å². The Bertz CT molecular complexity index is 145. The van der Waals surface area contributed by atoms with E-state index in [0.717, 1.165) is 12.6 Å². The molecule has 2 heteroatoms. The normalized spacial score (nSPS) is 25.5. The van der Waals surface area contributed by atoms with Crippen molar-refractivity contribution in [2.45, 2.75) is 32.2 Å². The second-order valence-electron chi connectivity index (χ2n) is 3.76. The van der Waals surface area contributed by atoms with Crippen molar-refractivity contribution in [3.63, 3.8) is 0 Å². The van der Waals surface area contributed by atoms with Crippen LogP contribution in [-0.2, 0) is 0 Å². The molecule has 13 heavy (non-hydrogen) atoms. The van der Waals surface area contributed by atoms with Gasteiger partial charge in [0.05, 0.1) is 0 Å². The van der Waals surface area contributed by atoms with Crippen LogP contribution < -0.4 is 5.32 Å². The lowest BCUT2D eigenvalue weighted by Gasteiger charge is -2.17. The van der Waals surface area contributed by atoms with Crippen LogP contribution >= 0.6 is 0 Å². The molecule has 1 atom stereocenters. The predicted octanol–water partition coefficient (Wildman–Crippen LogP) is 1.64. The zero-order chi connectivity index (χ0) is 9.52. The Morgan fingerprint density at radius 3 is 3.00 bits per heavy atom. The van der Waals surface area contributed by atoms with Crippen molar-refractivity contribution >= 4 is 0 Å². The number of nitrogens with zero attached hydrogens (tertiary/aromatic N) is 1. The first-order valence-corrected chi connectivity index (χ1v) is 5.43. The average Bonchev–Trinajstić information content (AvgIpc) is 2.39. The number of hydrogen-bond acceptors (Lipinski definition) is 2. The third kappa shape index (κ3) is 3.92. The maximum atomic E-state index is 3.73. The molecule has 1 rings (SSSR count). The molecule has 0 aliphatic carbocycles. The molecule has 1 unspecified atom stereocenters. The van der Waals surface area contributed by atoms with Crippen molar-refractivity contribution in [1.29, 1.82) is 0 Å². The topological polar surface area (TPSA) is 15.3 Å². The summed E-state index contributed by atoms with van der Waals surface area (Å²) in [5.41, 5.74) is 0. The summed E-state index contributed by atoms with van der Waals surface area (Å²) in [6, 6.07) is 0.717. The van der Waals surface area contributed by atoms with Gasteiger partial charge in [-0.3, -0.25) is 0 Å². The Labute approximate surface area is 82.0 Å². The highest BCUT2D eigenvalue weighted by atomic mass is 15.1. The quantitative estimate of drug-likeness (QED) is 0.665. The van der Waals surface area contributed by atoms with Gasteiger partial charge in [-0.05, 0) is 38.9 Å². The summed E-state index contributed by atoms with van der Waals surface area (Å²) in [5, 5.41) is 3.51. The van der Waals surface area contributed by atoms with Crippen LogP contribution in [0.2, 0.25) is 0 Å². The Morgan fingerprint density at radius 1 is 1.46 bits per heavy atom. The SMILES string of the molecule is C=CCNC1CCCN(CC)CC1. The molecule has 0 radical (unpaired) electrons. The fourth-order valence-electron chi connectivity index (χ4n) is 1.93. The van der Waals surface area contributed by atoms with Gasteiger partial charge in [-0.15, -0.1) is 6.58 Å². The van der Waals surface area contributed by atoms with E-state index in [-0.39, 0.29) is 0 Å². The Kier molecular flexibility index (Phi) is 5.09. The van der Waals surface area contributed by atoms with Gasteiger partial charge in [0.25, 0.3) is 0 Å². The molecule has 0 aromatic heterocycles. The van der Waals surface area contributed by atoms with Gasteiger partial charge in [-0.1, -0.05) is 13.0 Å².